The maximum atomic E-state index is 13.0. The maximum absolute atomic E-state index is 13.0. The molecule has 0 aromatic heterocycles. The van der Waals surface area contributed by atoms with Crippen LogP contribution in [0.4, 0.5) is 0 Å². The number of hydrogen-bond acceptors (Lipinski definition) is 2. The minimum atomic E-state index is -3.51. The Morgan fingerprint density at radius 1 is 0.962 bits per heavy atom. The Balaban J connectivity index is 1.87. The monoisotopic (exact) mass is 372 g/mol. The van der Waals surface area contributed by atoms with Gasteiger partial charge in [0.2, 0.25) is 0 Å². The molecule has 2 aromatic rings. The third-order valence-electron chi connectivity index (χ3n) is 5.20. The maximum Gasteiger partial charge on any atom is 0.279 e. The largest absolute Gasteiger partial charge is 0.279 e. The van der Waals surface area contributed by atoms with Crippen LogP contribution in [0.5, 0.6) is 0 Å². The summed E-state index contributed by atoms with van der Waals surface area (Å²) in [5, 5.41) is 0. The Bertz CT molecular complexity index is 754. The quantitative estimate of drug-likeness (QED) is 0.836. The minimum Gasteiger partial charge on any atom is -0.198 e. The standard InChI is InChI=1S/C21H28N2O2S/c1-17-11-9-10-16-23(17)26(24,25)22-18(2)21(19-12-5-3-6-13-19)20-14-7-4-8-15-20/h3-8,12-15,17-18,21-22H,9-11,16H2,1-2H3/t17-,18+/m1/s1. The molecule has 2 aromatic carbocycles. The highest BCUT2D eigenvalue weighted by molar-refractivity contribution is 7.87. The van der Waals surface area contributed by atoms with Gasteiger partial charge in [-0.2, -0.15) is 17.4 Å². The van der Waals surface area contributed by atoms with Crippen LogP contribution in [0.1, 0.15) is 50.2 Å². The molecule has 1 aliphatic heterocycles. The number of hydrogen-bond donors (Lipinski definition) is 1. The van der Waals surface area contributed by atoms with Gasteiger partial charge in [0, 0.05) is 24.5 Å². The molecule has 0 radical (unpaired) electrons. The molecule has 0 amide bonds. The molecule has 1 saturated heterocycles. The molecule has 3 rings (SSSR count). The summed E-state index contributed by atoms with van der Waals surface area (Å²) in [6.45, 7) is 4.55. The van der Waals surface area contributed by atoms with Crippen molar-refractivity contribution in [2.75, 3.05) is 6.54 Å². The SMILES string of the molecule is C[C@H](NS(=O)(=O)N1CCCC[C@H]1C)C(c1ccccc1)c1ccccc1. The molecule has 0 bridgehead atoms. The van der Waals surface area contributed by atoms with Gasteiger partial charge in [-0.15, -0.1) is 0 Å². The molecular formula is C21H28N2O2S. The average molecular weight is 373 g/mol. The summed E-state index contributed by atoms with van der Waals surface area (Å²) >= 11 is 0. The number of nitrogens with zero attached hydrogens (tertiary/aromatic N) is 1. The van der Waals surface area contributed by atoms with Gasteiger partial charge >= 0.3 is 0 Å². The van der Waals surface area contributed by atoms with Crippen LogP contribution in [0.2, 0.25) is 0 Å². The van der Waals surface area contributed by atoms with Gasteiger partial charge in [-0.3, -0.25) is 0 Å². The molecule has 5 heteroatoms. The fourth-order valence-corrected chi connectivity index (χ4v) is 5.58. The third-order valence-corrected chi connectivity index (χ3v) is 7.03. The highest BCUT2D eigenvalue weighted by atomic mass is 32.2. The van der Waals surface area contributed by atoms with Crippen molar-refractivity contribution in [2.45, 2.75) is 51.1 Å². The van der Waals surface area contributed by atoms with Crippen molar-refractivity contribution < 1.29 is 8.42 Å². The second kappa shape index (κ2) is 8.33. The fraction of sp³-hybridized carbons (Fsp3) is 0.429. The van der Waals surface area contributed by atoms with E-state index in [1.54, 1.807) is 4.31 Å². The van der Waals surface area contributed by atoms with Gasteiger partial charge in [0.05, 0.1) is 0 Å². The van der Waals surface area contributed by atoms with E-state index in [1.807, 2.05) is 50.2 Å². The first kappa shape index (κ1) is 19.1. The van der Waals surface area contributed by atoms with Gasteiger partial charge in [-0.1, -0.05) is 67.1 Å². The van der Waals surface area contributed by atoms with Crippen molar-refractivity contribution in [1.82, 2.24) is 9.03 Å². The molecule has 1 fully saturated rings. The molecule has 1 aliphatic rings. The van der Waals surface area contributed by atoms with Crippen LogP contribution < -0.4 is 4.72 Å². The molecule has 140 valence electrons. The average Bonchev–Trinajstić information content (AvgIpc) is 2.63. The lowest BCUT2D eigenvalue weighted by atomic mass is 9.86. The van der Waals surface area contributed by atoms with Crippen molar-refractivity contribution in [3.8, 4) is 0 Å². The molecular weight excluding hydrogens is 344 g/mol. The van der Waals surface area contributed by atoms with E-state index in [4.69, 9.17) is 0 Å². The van der Waals surface area contributed by atoms with E-state index in [2.05, 4.69) is 29.0 Å². The number of rotatable bonds is 6. The molecule has 0 unspecified atom stereocenters. The zero-order valence-corrected chi connectivity index (χ0v) is 16.3. The first-order chi connectivity index (χ1) is 12.5. The van der Waals surface area contributed by atoms with Crippen molar-refractivity contribution >= 4 is 10.2 Å². The van der Waals surface area contributed by atoms with Crippen LogP contribution in [0.15, 0.2) is 60.7 Å². The topological polar surface area (TPSA) is 49.4 Å². The smallest absolute Gasteiger partial charge is 0.198 e. The second-order valence-electron chi connectivity index (χ2n) is 7.17. The molecule has 2 atom stereocenters. The van der Waals surface area contributed by atoms with Crippen LogP contribution >= 0.6 is 0 Å². The van der Waals surface area contributed by atoms with Crippen LogP contribution in [-0.2, 0) is 10.2 Å². The Kier molecular flexibility index (Phi) is 6.12. The number of piperidine rings is 1. The number of nitrogens with one attached hydrogen (secondary N) is 1. The summed E-state index contributed by atoms with van der Waals surface area (Å²) < 4.78 is 30.6. The number of benzene rings is 2. The van der Waals surface area contributed by atoms with Gasteiger partial charge in [-0.25, -0.2) is 0 Å². The summed E-state index contributed by atoms with van der Waals surface area (Å²) in [5.41, 5.74) is 2.22. The van der Waals surface area contributed by atoms with Gasteiger partial charge in [0.15, 0.2) is 0 Å². The van der Waals surface area contributed by atoms with E-state index in [-0.39, 0.29) is 18.0 Å². The van der Waals surface area contributed by atoms with Crippen LogP contribution in [-0.4, -0.2) is 31.4 Å². The summed E-state index contributed by atoms with van der Waals surface area (Å²) in [6.07, 6.45) is 2.95. The van der Waals surface area contributed by atoms with Crippen LogP contribution in [0.25, 0.3) is 0 Å². The van der Waals surface area contributed by atoms with Crippen LogP contribution in [0, 0.1) is 0 Å². The zero-order valence-electron chi connectivity index (χ0n) is 15.5. The lowest BCUT2D eigenvalue weighted by Gasteiger charge is -2.34. The van der Waals surface area contributed by atoms with E-state index in [0.29, 0.717) is 6.54 Å². The zero-order chi connectivity index (χ0) is 18.6. The van der Waals surface area contributed by atoms with Gasteiger partial charge in [0.25, 0.3) is 10.2 Å². The van der Waals surface area contributed by atoms with Gasteiger partial charge < -0.3 is 0 Å². The highest BCUT2D eigenvalue weighted by Crippen LogP contribution is 2.29. The lowest BCUT2D eigenvalue weighted by molar-refractivity contribution is 0.263. The minimum absolute atomic E-state index is 0.0349. The summed E-state index contributed by atoms with van der Waals surface area (Å²) in [4.78, 5) is 0. The summed E-state index contributed by atoms with van der Waals surface area (Å²) in [5.74, 6) is -0.0349. The van der Waals surface area contributed by atoms with Crippen molar-refractivity contribution in [3.05, 3.63) is 71.8 Å². The van der Waals surface area contributed by atoms with Gasteiger partial charge in [0.1, 0.15) is 0 Å². The summed E-state index contributed by atoms with van der Waals surface area (Å²) in [7, 11) is -3.51. The Labute approximate surface area is 157 Å². The summed E-state index contributed by atoms with van der Waals surface area (Å²) in [6, 6.07) is 20.0. The molecule has 0 aliphatic carbocycles. The second-order valence-corrected chi connectivity index (χ2v) is 8.82. The van der Waals surface area contributed by atoms with Crippen molar-refractivity contribution in [3.63, 3.8) is 0 Å². The normalized spacial score (nSPS) is 20.2. The van der Waals surface area contributed by atoms with E-state index >= 15 is 0 Å². The molecule has 4 nitrogen and oxygen atoms in total. The fourth-order valence-electron chi connectivity index (χ4n) is 3.89. The molecule has 1 N–H and O–H groups in total. The first-order valence-corrected chi connectivity index (χ1v) is 10.8. The third kappa shape index (κ3) is 4.34. The van der Waals surface area contributed by atoms with E-state index < -0.39 is 10.2 Å². The lowest BCUT2D eigenvalue weighted by Crippen LogP contribution is -2.51. The first-order valence-electron chi connectivity index (χ1n) is 9.38. The molecule has 0 spiro atoms. The van der Waals surface area contributed by atoms with Crippen molar-refractivity contribution in [1.29, 1.82) is 0 Å². The van der Waals surface area contributed by atoms with Crippen LogP contribution in [0.3, 0.4) is 0 Å². The Hall–Kier alpha value is -1.69. The highest BCUT2D eigenvalue weighted by Gasteiger charge is 2.33. The predicted octanol–water partition coefficient (Wildman–Crippen LogP) is 3.92. The Morgan fingerprint density at radius 2 is 1.50 bits per heavy atom. The van der Waals surface area contributed by atoms with E-state index in [1.165, 1.54) is 0 Å². The van der Waals surface area contributed by atoms with E-state index in [9.17, 15) is 8.42 Å². The van der Waals surface area contributed by atoms with E-state index in [0.717, 1.165) is 30.4 Å². The predicted molar refractivity (Wildman–Crippen MR) is 106 cm³/mol. The molecule has 0 saturated carbocycles. The van der Waals surface area contributed by atoms with Crippen molar-refractivity contribution in [2.24, 2.45) is 0 Å². The molecule has 26 heavy (non-hydrogen) atoms. The molecule has 1 heterocycles. The van der Waals surface area contributed by atoms with Gasteiger partial charge in [-0.05, 0) is 37.8 Å². The Morgan fingerprint density at radius 3 is 2.00 bits per heavy atom.